The maximum absolute atomic E-state index is 12.9. The number of hydrogen-bond acceptors (Lipinski definition) is 6. The summed E-state index contributed by atoms with van der Waals surface area (Å²) >= 11 is 7.40. The Morgan fingerprint density at radius 1 is 1.24 bits per heavy atom. The van der Waals surface area contributed by atoms with Crippen LogP contribution in [0.1, 0.15) is 17.7 Å². The Balaban J connectivity index is 1.76. The molecule has 7 nitrogen and oxygen atoms in total. The molecule has 1 aromatic carbocycles. The highest BCUT2D eigenvalue weighted by Gasteiger charge is 2.34. The molecule has 0 aliphatic carbocycles. The summed E-state index contributed by atoms with van der Waals surface area (Å²) in [6.45, 7) is 2.40. The zero-order valence-corrected chi connectivity index (χ0v) is 18.8. The summed E-state index contributed by atoms with van der Waals surface area (Å²) in [7, 11) is -0.626. The predicted octanol–water partition coefficient (Wildman–Crippen LogP) is 3.77. The van der Waals surface area contributed by atoms with Gasteiger partial charge in [0.25, 0.3) is 10.0 Å². The molecule has 2 aromatic rings. The monoisotopic (exact) mass is 458 g/mol. The van der Waals surface area contributed by atoms with Crippen LogP contribution in [0.3, 0.4) is 0 Å². The lowest BCUT2D eigenvalue weighted by molar-refractivity contribution is -0.120. The molecule has 1 fully saturated rings. The number of benzene rings is 1. The van der Waals surface area contributed by atoms with Crippen LogP contribution in [0.5, 0.6) is 11.5 Å². The lowest BCUT2D eigenvalue weighted by atomic mass is 9.98. The summed E-state index contributed by atoms with van der Waals surface area (Å²) in [5, 5.41) is 3.15. The molecule has 29 heavy (non-hydrogen) atoms. The minimum Gasteiger partial charge on any atom is -0.495 e. The second-order valence-electron chi connectivity index (χ2n) is 6.74. The number of thiophene rings is 1. The first-order valence-corrected chi connectivity index (χ1v) is 11.7. The van der Waals surface area contributed by atoms with Crippen molar-refractivity contribution < 1.29 is 22.7 Å². The lowest BCUT2D eigenvalue weighted by Gasteiger charge is -2.31. The van der Waals surface area contributed by atoms with E-state index in [0.717, 1.165) is 4.88 Å². The van der Waals surface area contributed by atoms with E-state index in [4.69, 9.17) is 21.1 Å². The number of rotatable bonds is 6. The van der Waals surface area contributed by atoms with Gasteiger partial charge in [-0.1, -0.05) is 11.6 Å². The van der Waals surface area contributed by atoms with Crippen molar-refractivity contribution in [1.82, 2.24) is 4.31 Å². The number of aryl methyl sites for hydroxylation is 1. The molecule has 1 amide bonds. The number of ether oxygens (including phenoxy) is 2. The Kier molecular flexibility index (Phi) is 6.72. The van der Waals surface area contributed by atoms with Crippen LogP contribution in [0.4, 0.5) is 5.69 Å². The van der Waals surface area contributed by atoms with E-state index in [1.165, 1.54) is 29.9 Å². The minimum atomic E-state index is -3.60. The third-order valence-corrected chi connectivity index (χ3v) is 8.43. The fraction of sp³-hybridized carbons (Fsp3) is 0.421. The van der Waals surface area contributed by atoms with Crippen molar-refractivity contribution >= 4 is 44.6 Å². The Morgan fingerprint density at radius 3 is 2.59 bits per heavy atom. The summed E-state index contributed by atoms with van der Waals surface area (Å²) < 4.78 is 38.0. The second kappa shape index (κ2) is 8.91. The van der Waals surface area contributed by atoms with Gasteiger partial charge in [-0.05, 0) is 38.0 Å². The molecule has 0 saturated carbocycles. The molecule has 0 radical (unpaired) electrons. The molecule has 1 aromatic heterocycles. The Hall–Kier alpha value is -1.81. The number of amides is 1. The first-order valence-electron chi connectivity index (χ1n) is 9.05. The SMILES string of the molecule is COc1cc(OC)c(NC(=O)[C@@H]2CCCN(S(=O)(=O)c3ccc(C)s3)C2)cc1Cl. The van der Waals surface area contributed by atoms with Gasteiger partial charge in [0.2, 0.25) is 5.91 Å². The predicted molar refractivity (Wildman–Crippen MR) is 114 cm³/mol. The average Bonchev–Trinajstić information content (AvgIpc) is 3.15. The number of anilines is 1. The van der Waals surface area contributed by atoms with Crippen molar-refractivity contribution in [2.75, 3.05) is 32.6 Å². The maximum atomic E-state index is 12.9. The van der Waals surface area contributed by atoms with Gasteiger partial charge in [-0.25, -0.2) is 8.42 Å². The maximum Gasteiger partial charge on any atom is 0.252 e. The number of carbonyl (C=O) groups excluding carboxylic acids is 1. The normalized spacial score (nSPS) is 17.7. The number of carbonyl (C=O) groups is 1. The number of piperidine rings is 1. The first kappa shape index (κ1) is 21.9. The molecule has 0 unspecified atom stereocenters. The third kappa shape index (κ3) is 4.69. The van der Waals surface area contributed by atoms with E-state index in [0.29, 0.717) is 45.8 Å². The second-order valence-corrected chi connectivity index (χ2v) is 10.6. The molecular weight excluding hydrogens is 436 g/mol. The smallest absolute Gasteiger partial charge is 0.252 e. The van der Waals surface area contributed by atoms with Crippen LogP contribution in [0, 0.1) is 12.8 Å². The highest BCUT2D eigenvalue weighted by Crippen LogP contribution is 2.36. The van der Waals surface area contributed by atoms with Gasteiger partial charge in [0.1, 0.15) is 15.7 Å². The van der Waals surface area contributed by atoms with Gasteiger partial charge in [-0.3, -0.25) is 4.79 Å². The van der Waals surface area contributed by atoms with Crippen molar-refractivity contribution in [3.05, 3.63) is 34.2 Å². The van der Waals surface area contributed by atoms with Gasteiger partial charge < -0.3 is 14.8 Å². The topological polar surface area (TPSA) is 84.9 Å². The molecule has 1 atom stereocenters. The van der Waals surface area contributed by atoms with Gasteiger partial charge in [0.05, 0.1) is 30.8 Å². The largest absolute Gasteiger partial charge is 0.495 e. The van der Waals surface area contributed by atoms with Gasteiger partial charge in [0, 0.05) is 24.0 Å². The van der Waals surface area contributed by atoms with Gasteiger partial charge in [-0.2, -0.15) is 4.31 Å². The van der Waals surface area contributed by atoms with Gasteiger partial charge >= 0.3 is 0 Å². The van der Waals surface area contributed by atoms with Crippen LogP contribution in [-0.4, -0.2) is 45.9 Å². The van der Waals surface area contributed by atoms with Gasteiger partial charge in [-0.15, -0.1) is 11.3 Å². The molecule has 1 N–H and O–H groups in total. The highest BCUT2D eigenvalue weighted by atomic mass is 35.5. The molecule has 10 heteroatoms. The van der Waals surface area contributed by atoms with Crippen molar-refractivity contribution in [3.8, 4) is 11.5 Å². The Morgan fingerprint density at radius 2 is 1.97 bits per heavy atom. The van der Waals surface area contributed by atoms with Crippen molar-refractivity contribution in [1.29, 1.82) is 0 Å². The van der Waals surface area contributed by atoms with E-state index in [1.54, 1.807) is 24.3 Å². The molecule has 158 valence electrons. The molecule has 2 heterocycles. The molecule has 1 aliphatic heterocycles. The van der Waals surface area contributed by atoms with E-state index in [9.17, 15) is 13.2 Å². The zero-order chi connectivity index (χ0) is 21.2. The summed E-state index contributed by atoms with van der Waals surface area (Å²) in [5.74, 6) is 0.105. The highest BCUT2D eigenvalue weighted by molar-refractivity contribution is 7.91. The number of sulfonamides is 1. The molecule has 3 rings (SSSR count). The number of nitrogens with one attached hydrogen (secondary N) is 1. The number of methoxy groups -OCH3 is 2. The van der Waals surface area contributed by atoms with Crippen molar-refractivity contribution in [2.24, 2.45) is 5.92 Å². The van der Waals surface area contributed by atoms with E-state index in [1.807, 2.05) is 6.92 Å². The van der Waals surface area contributed by atoms with E-state index < -0.39 is 15.9 Å². The summed E-state index contributed by atoms with van der Waals surface area (Å²) in [6.07, 6.45) is 1.22. The number of nitrogens with zero attached hydrogens (tertiary/aromatic N) is 1. The Bertz CT molecular complexity index is 1010. The number of hydrogen-bond donors (Lipinski definition) is 1. The van der Waals surface area contributed by atoms with Gasteiger partial charge in [0.15, 0.2) is 0 Å². The molecule has 0 spiro atoms. The average molecular weight is 459 g/mol. The summed E-state index contributed by atoms with van der Waals surface area (Å²) in [5.41, 5.74) is 0.414. The fourth-order valence-electron chi connectivity index (χ4n) is 3.25. The van der Waals surface area contributed by atoms with Crippen LogP contribution < -0.4 is 14.8 Å². The molecule has 1 aliphatic rings. The van der Waals surface area contributed by atoms with Crippen LogP contribution in [0.25, 0.3) is 0 Å². The van der Waals surface area contributed by atoms with Crippen LogP contribution in [-0.2, 0) is 14.8 Å². The van der Waals surface area contributed by atoms with Crippen molar-refractivity contribution in [3.63, 3.8) is 0 Å². The lowest BCUT2D eigenvalue weighted by Crippen LogP contribution is -2.43. The van der Waals surface area contributed by atoms with Crippen molar-refractivity contribution in [2.45, 2.75) is 24.0 Å². The summed E-state index contributed by atoms with van der Waals surface area (Å²) in [6, 6.07) is 6.55. The van der Waals surface area contributed by atoms with E-state index in [-0.39, 0.29) is 12.5 Å². The van der Waals surface area contributed by atoms with Crippen LogP contribution in [0.15, 0.2) is 28.5 Å². The molecule has 1 saturated heterocycles. The minimum absolute atomic E-state index is 0.136. The quantitative estimate of drug-likeness (QED) is 0.712. The number of halogens is 1. The third-order valence-electron chi connectivity index (χ3n) is 4.80. The fourth-order valence-corrected chi connectivity index (χ4v) is 6.45. The summed E-state index contributed by atoms with van der Waals surface area (Å²) in [4.78, 5) is 13.8. The zero-order valence-electron chi connectivity index (χ0n) is 16.4. The first-order chi connectivity index (χ1) is 13.8. The molecular formula is C19H23ClN2O5S2. The van der Waals surface area contributed by atoms with Crippen LogP contribution in [0.2, 0.25) is 5.02 Å². The Labute approximate surface area is 179 Å². The van der Waals surface area contributed by atoms with E-state index in [2.05, 4.69) is 5.32 Å². The standard InChI is InChI=1S/C19H23ClN2O5S2/c1-12-6-7-18(28-12)29(24,25)22-8-4-5-13(11-22)19(23)21-15-9-14(20)16(26-2)10-17(15)27-3/h6-7,9-10,13H,4-5,8,11H2,1-3H3,(H,21,23)/t13-/m1/s1. The molecule has 0 bridgehead atoms. The van der Waals surface area contributed by atoms with E-state index >= 15 is 0 Å². The van der Waals surface area contributed by atoms with Crippen LogP contribution >= 0.6 is 22.9 Å².